The molecule has 2 aromatic rings. The van der Waals surface area contributed by atoms with E-state index in [2.05, 4.69) is 4.98 Å². The van der Waals surface area contributed by atoms with Crippen molar-refractivity contribution in [3.8, 4) is 0 Å². The lowest BCUT2D eigenvalue weighted by Crippen LogP contribution is -2.46. The molecular formula is C17H23Cl2N3O2. The maximum Gasteiger partial charge on any atom is 0.239 e. The number of benzene rings is 1. The van der Waals surface area contributed by atoms with E-state index < -0.39 is 0 Å². The fourth-order valence-electron chi connectivity index (χ4n) is 3.11. The molecule has 0 aliphatic carbocycles. The summed E-state index contributed by atoms with van der Waals surface area (Å²) in [6, 6.07) is 5.08. The third-order valence-corrected chi connectivity index (χ3v) is 4.67. The van der Waals surface area contributed by atoms with Crippen LogP contribution >= 0.6 is 24.0 Å². The minimum absolute atomic E-state index is 0. The van der Waals surface area contributed by atoms with Crippen molar-refractivity contribution in [2.75, 3.05) is 13.1 Å². The van der Waals surface area contributed by atoms with Crippen LogP contribution < -0.4 is 5.73 Å². The maximum atomic E-state index is 12.3. The number of amides is 1. The van der Waals surface area contributed by atoms with Crippen molar-refractivity contribution < 1.29 is 9.21 Å². The number of halogens is 2. The average molecular weight is 372 g/mol. The summed E-state index contributed by atoms with van der Waals surface area (Å²) in [5, 5.41) is 0.655. The minimum atomic E-state index is -0.372. The lowest BCUT2D eigenvalue weighted by molar-refractivity contribution is -0.133. The highest BCUT2D eigenvalue weighted by Gasteiger charge is 2.29. The third-order valence-electron chi connectivity index (χ3n) is 4.44. The van der Waals surface area contributed by atoms with E-state index >= 15 is 0 Å². The predicted octanol–water partition coefficient (Wildman–Crippen LogP) is 3.74. The molecule has 0 spiro atoms. The first-order valence-electron chi connectivity index (χ1n) is 8.19. The fraction of sp³-hybridized carbons (Fsp3) is 0.529. The molecule has 1 aliphatic rings. The summed E-state index contributed by atoms with van der Waals surface area (Å²) in [7, 11) is 0. The van der Waals surface area contributed by atoms with E-state index in [1.807, 2.05) is 24.0 Å². The van der Waals surface area contributed by atoms with E-state index in [-0.39, 0.29) is 30.3 Å². The monoisotopic (exact) mass is 371 g/mol. The molecule has 5 nitrogen and oxygen atoms in total. The summed E-state index contributed by atoms with van der Waals surface area (Å²) in [4.78, 5) is 18.7. The molecule has 2 N–H and O–H groups in total. The van der Waals surface area contributed by atoms with Gasteiger partial charge in [-0.25, -0.2) is 4.98 Å². The summed E-state index contributed by atoms with van der Waals surface area (Å²) in [6.07, 6.45) is 3.37. The second-order valence-electron chi connectivity index (χ2n) is 6.16. The summed E-state index contributed by atoms with van der Waals surface area (Å²) in [5.74, 6) is 1.05. The van der Waals surface area contributed by atoms with E-state index in [0.29, 0.717) is 18.1 Å². The molecule has 7 heteroatoms. The number of aromatic nitrogens is 1. The predicted molar refractivity (Wildman–Crippen MR) is 97.7 cm³/mol. The Hall–Kier alpha value is -1.30. The fourth-order valence-corrected chi connectivity index (χ4v) is 3.28. The summed E-state index contributed by atoms with van der Waals surface area (Å²) in [6.45, 7) is 3.46. The van der Waals surface area contributed by atoms with Gasteiger partial charge >= 0.3 is 0 Å². The molecule has 0 radical (unpaired) electrons. The van der Waals surface area contributed by atoms with Gasteiger partial charge in [0.1, 0.15) is 5.52 Å². The number of hydrogen-bond acceptors (Lipinski definition) is 4. The van der Waals surface area contributed by atoms with Crippen molar-refractivity contribution in [2.24, 2.45) is 5.73 Å². The molecule has 0 bridgehead atoms. The number of nitrogens with zero attached hydrogens (tertiary/aromatic N) is 2. The van der Waals surface area contributed by atoms with Crippen molar-refractivity contribution in [3.05, 3.63) is 29.1 Å². The number of fused-ring (bicyclic) bond motifs is 1. The molecule has 1 fully saturated rings. The van der Waals surface area contributed by atoms with Gasteiger partial charge in [0.05, 0.1) is 6.04 Å². The maximum absolute atomic E-state index is 12.3. The van der Waals surface area contributed by atoms with Crippen LogP contribution in [-0.4, -0.2) is 34.9 Å². The SMILES string of the molecule is CCCC(N)C(=O)N1CCC(c2nc3cc(Cl)ccc3o2)CC1.Cl. The van der Waals surface area contributed by atoms with Crippen LogP contribution in [0.2, 0.25) is 5.02 Å². The largest absolute Gasteiger partial charge is 0.440 e. The van der Waals surface area contributed by atoms with Crippen molar-refractivity contribution in [2.45, 2.75) is 44.6 Å². The number of likely N-dealkylation sites (tertiary alicyclic amines) is 1. The molecule has 24 heavy (non-hydrogen) atoms. The van der Waals surface area contributed by atoms with Crippen LogP contribution in [0.1, 0.15) is 44.4 Å². The highest BCUT2D eigenvalue weighted by molar-refractivity contribution is 6.31. The second kappa shape index (κ2) is 8.19. The molecule has 1 aliphatic heterocycles. The zero-order valence-corrected chi connectivity index (χ0v) is 15.3. The third kappa shape index (κ3) is 4.02. The van der Waals surface area contributed by atoms with Crippen LogP contribution in [0.15, 0.2) is 22.6 Å². The number of nitrogens with two attached hydrogens (primary N) is 1. The van der Waals surface area contributed by atoms with Crippen molar-refractivity contribution in [3.63, 3.8) is 0 Å². The van der Waals surface area contributed by atoms with Gasteiger partial charge < -0.3 is 15.1 Å². The summed E-state index contributed by atoms with van der Waals surface area (Å²) < 4.78 is 5.85. The zero-order valence-electron chi connectivity index (χ0n) is 13.7. The van der Waals surface area contributed by atoms with Gasteiger partial charge in [-0.05, 0) is 37.5 Å². The number of hydrogen-bond donors (Lipinski definition) is 1. The number of oxazole rings is 1. The number of piperidine rings is 1. The van der Waals surface area contributed by atoms with Gasteiger partial charge in [0.2, 0.25) is 5.91 Å². The lowest BCUT2D eigenvalue weighted by atomic mass is 9.96. The smallest absolute Gasteiger partial charge is 0.239 e. The van der Waals surface area contributed by atoms with E-state index in [9.17, 15) is 4.79 Å². The van der Waals surface area contributed by atoms with Crippen molar-refractivity contribution in [1.82, 2.24) is 9.88 Å². The Labute approximate surface area is 152 Å². The Bertz CT molecular complexity index is 696. The number of carbonyl (C=O) groups is 1. The molecule has 0 saturated carbocycles. The molecule has 3 rings (SSSR count). The van der Waals surface area contributed by atoms with Gasteiger partial charge in [0.15, 0.2) is 11.5 Å². The van der Waals surface area contributed by atoms with Crippen molar-refractivity contribution >= 4 is 41.0 Å². The molecule has 1 atom stereocenters. The Morgan fingerprint density at radius 3 is 2.83 bits per heavy atom. The van der Waals surface area contributed by atoms with E-state index in [0.717, 1.165) is 42.7 Å². The Morgan fingerprint density at radius 1 is 1.46 bits per heavy atom. The van der Waals surface area contributed by atoms with Crippen LogP contribution in [0.4, 0.5) is 0 Å². The van der Waals surface area contributed by atoms with Crippen LogP contribution in [0.5, 0.6) is 0 Å². The van der Waals surface area contributed by atoms with Gasteiger partial charge in [-0.3, -0.25) is 4.79 Å². The lowest BCUT2D eigenvalue weighted by Gasteiger charge is -2.32. The average Bonchev–Trinajstić information content (AvgIpc) is 2.97. The van der Waals surface area contributed by atoms with Gasteiger partial charge in [-0.2, -0.15) is 0 Å². The van der Waals surface area contributed by atoms with Crippen molar-refractivity contribution in [1.29, 1.82) is 0 Å². The Balaban J connectivity index is 0.00000208. The summed E-state index contributed by atoms with van der Waals surface area (Å²) >= 11 is 5.99. The van der Waals surface area contributed by atoms with Gasteiger partial charge in [-0.1, -0.05) is 24.9 Å². The minimum Gasteiger partial charge on any atom is -0.440 e. The molecule has 2 heterocycles. The van der Waals surface area contributed by atoms with Crippen LogP contribution in [0.25, 0.3) is 11.1 Å². The Morgan fingerprint density at radius 2 is 2.17 bits per heavy atom. The Kier molecular flexibility index (Phi) is 6.49. The first-order chi connectivity index (χ1) is 11.1. The van der Waals surface area contributed by atoms with E-state index in [1.54, 1.807) is 6.07 Å². The molecule has 1 unspecified atom stereocenters. The van der Waals surface area contributed by atoms with Gasteiger partial charge in [-0.15, -0.1) is 12.4 Å². The molecule has 1 saturated heterocycles. The molecule has 1 amide bonds. The summed E-state index contributed by atoms with van der Waals surface area (Å²) in [5.41, 5.74) is 7.48. The number of carbonyl (C=O) groups excluding carboxylic acids is 1. The molecule has 132 valence electrons. The first kappa shape index (κ1) is 19.0. The molecule has 1 aromatic heterocycles. The van der Waals surface area contributed by atoms with E-state index in [1.165, 1.54) is 0 Å². The van der Waals surface area contributed by atoms with Crippen LogP contribution in [0.3, 0.4) is 0 Å². The quantitative estimate of drug-likeness (QED) is 0.888. The van der Waals surface area contributed by atoms with E-state index in [4.69, 9.17) is 21.8 Å². The molecular weight excluding hydrogens is 349 g/mol. The topological polar surface area (TPSA) is 72.4 Å². The molecule has 1 aromatic carbocycles. The highest BCUT2D eigenvalue weighted by atomic mass is 35.5. The van der Waals surface area contributed by atoms with Crippen LogP contribution in [-0.2, 0) is 4.79 Å². The highest BCUT2D eigenvalue weighted by Crippen LogP contribution is 2.31. The second-order valence-corrected chi connectivity index (χ2v) is 6.60. The normalized spacial score (nSPS) is 16.9. The van der Waals surface area contributed by atoms with Crippen LogP contribution in [0, 0.1) is 0 Å². The van der Waals surface area contributed by atoms with Gasteiger partial charge in [0.25, 0.3) is 0 Å². The zero-order chi connectivity index (χ0) is 16.4. The first-order valence-corrected chi connectivity index (χ1v) is 8.56. The number of rotatable bonds is 4. The van der Waals surface area contributed by atoms with Gasteiger partial charge in [0, 0.05) is 24.0 Å². The standard InChI is InChI=1S/C17H22ClN3O2.ClH/c1-2-3-13(19)17(22)21-8-6-11(7-9-21)16-20-14-10-12(18)4-5-15(14)23-16;/h4-5,10-11,13H,2-3,6-9,19H2,1H3;1H.